The zero-order chi connectivity index (χ0) is 17.2. The van der Waals surface area contributed by atoms with Crippen LogP contribution in [-0.2, 0) is 0 Å². The van der Waals surface area contributed by atoms with E-state index in [0.717, 1.165) is 31.9 Å². The summed E-state index contributed by atoms with van der Waals surface area (Å²) in [5.41, 5.74) is 0.696. The van der Waals surface area contributed by atoms with Crippen molar-refractivity contribution in [3.8, 4) is 11.5 Å². The predicted octanol–water partition coefficient (Wildman–Crippen LogP) is 1.92. The van der Waals surface area contributed by atoms with E-state index in [9.17, 15) is 4.79 Å². The number of anilines is 1. The summed E-state index contributed by atoms with van der Waals surface area (Å²) in [4.78, 5) is 17.4. The number of ether oxygens (including phenoxy) is 1. The van der Waals surface area contributed by atoms with E-state index in [1.807, 2.05) is 12.1 Å². The van der Waals surface area contributed by atoms with Crippen LogP contribution in [0.1, 0.15) is 0 Å². The van der Waals surface area contributed by atoms with Crippen LogP contribution in [-0.4, -0.2) is 54.3 Å². The van der Waals surface area contributed by atoms with Crippen molar-refractivity contribution in [3.63, 3.8) is 0 Å². The first-order valence-electron chi connectivity index (χ1n) is 7.69. The van der Waals surface area contributed by atoms with E-state index in [1.165, 1.54) is 0 Å². The first kappa shape index (κ1) is 17.6. The van der Waals surface area contributed by atoms with Crippen molar-refractivity contribution in [1.82, 2.24) is 15.2 Å². The van der Waals surface area contributed by atoms with E-state index < -0.39 is 0 Å². The SMILES string of the molecule is COc1cccnc1.O=C(Nc1ccc(O)cc1)N1CCNCC1. The normalized spacial score (nSPS) is 13.5. The number of hydrogen-bond donors (Lipinski definition) is 3. The highest BCUT2D eigenvalue weighted by Gasteiger charge is 2.15. The summed E-state index contributed by atoms with van der Waals surface area (Å²) < 4.78 is 4.85. The Morgan fingerprint density at radius 3 is 2.50 bits per heavy atom. The van der Waals surface area contributed by atoms with Crippen LogP contribution in [0, 0.1) is 0 Å². The van der Waals surface area contributed by atoms with Crippen molar-refractivity contribution < 1.29 is 14.6 Å². The number of methoxy groups -OCH3 is 1. The third kappa shape index (κ3) is 5.77. The molecule has 0 spiro atoms. The number of nitrogens with one attached hydrogen (secondary N) is 2. The molecule has 0 unspecified atom stereocenters. The number of rotatable bonds is 2. The zero-order valence-corrected chi connectivity index (χ0v) is 13.6. The fraction of sp³-hybridized carbons (Fsp3) is 0.294. The van der Waals surface area contributed by atoms with Crippen LogP contribution < -0.4 is 15.4 Å². The van der Waals surface area contributed by atoms with Gasteiger partial charge in [-0.05, 0) is 36.4 Å². The van der Waals surface area contributed by atoms with Crippen LogP contribution in [0.15, 0.2) is 48.8 Å². The summed E-state index contributed by atoms with van der Waals surface area (Å²) in [6, 6.07) is 10.0. The largest absolute Gasteiger partial charge is 0.508 e. The van der Waals surface area contributed by atoms with Gasteiger partial charge in [0.05, 0.1) is 13.3 Å². The number of urea groups is 1. The van der Waals surface area contributed by atoms with Crippen LogP contribution in [0.4, 0.5) is 10.5 Å². The van der Waals surface area contributed by atoms with Crippen molar-refractivity contribution in [2.45, 2.75) is 0 Å². The van der Waals surface area contributed by atoms with E-state index >= 15 is 0 Å². The number of nitrogens with zero attached hydrogens (tertiary/aromatic N) is 2. The minimum absolute atomic E-state index is 0.0906. The molecule has 0 radical (unpaired) electrons. The number of carbonyl (C=O) groups excluding carboxylic acids is 1. The molecule has 1 saturated heterocycles. The number of carbonyl (C=O) groups is 1. The fourth-order valence-corrected chi connectivity index (χ4v) is 2.08. The fourth-order valence-electron chi connectivity index (χ4n) is 2.08. The predicted molar refractivity (Wildman–Crippen MR) is 92.4 cm³/mol. The zero-order valence-electron chi connectivity index (χ0n) is 13.6. The number of amides is 2. The molecule has 3 rings (SSSR count). The van der Waals surface area contributed by atoms with Crippen molar-refractivity contribution in [2.75, 3.05) is 38.6 Å². The lowest BCUT2D eigenvalue weighted by Crippen LogP contribution is -2.48. The molecule has 1 aromatic heterocycles. The third-order valence-corrected chi connectivity index (χ3v) is 3.39. The van der Waals surface area contributed by atoms with Crippen molar-refractivity contribution >= 4 is 11.7 Å². The van der Waals surface area contributed by atoms with Crippen LogP contribution in [0.5, 0.6) is 11.5 Å². The topological polar surface area (TPSA) is 86.7 Å². The summed E-state index contributed by atoms with van der Waals surface area (Å²) in [5, 5.41) is 15.1. The second-order valence-electron chi connectivity index (χ2n) is 5.11. The Labute approximate surface area is 141 Å². The van der Waals surface area contributed by atoms with Gasteiger partial charge < -0.3 is 25.4 Å². The standard InChI is InChI=1S/C11H15N3O2.C6H7NO/c15-10-3-1-9(2-4-10)13-11(16)14-7-5-12-6-8-14;1-8-6-3-2-4-7-5-6/h1-4,12,15H,5-8H2,(H,13,16);2-5H,1H3. The number of piperazine rings is 1. The Morgan fingerprint density at radius 1 is 1.25 bits per heavy atom. The number of phenolic OH excluding ortho intramolecular Hbond substituents is 1. The third-order valence-electron chi connectivity index (χ3n) is 3.39. The quantitative estimate of drug-likeness (QED) is 0.732. The highest BCUT2D eigenvalue weighted by Crippen LogP contribution is 2.14. The maximum atomic E-state index is 11.8. The molecule has 128 valence electrons. The van der Waals surface area contributed by atoms with E-state index in [-0.39, 0.29) is 11.8 Å². The van der Waals surface area contributed by atoms with Crippen LogP contribution >= 0.6 is 0 Å². The summed E-state index contributed by atoms with van der Waals surface area (Å²) in [6.07, 6.45) is 3.38. The minimum Gasteiger partial charge on any atom is -0.508 e. The van der Waals surface area contributed by atoms with Gasteiger partial charge in [0, 0.05) is 38.1 Å². The van der Waals surface area contributed by atoms with E-state index in [0.29, 0.717) is 5.69 Å². The Bertz CT molecular complexity index is 613. The number of aromatic hydroxyl groups is 1. The molecule has 7 heteroatoms. The Hall–Kier alpha value is -2.80. The second kappa shape index (κ2) is 9.36. The van der Waals surface area contributed by atoms with E-state index in [4.69, 9.17) is 9.84 Å². The van der Waals surface area contributed by atoms with Gasteiger partial charge in [0.2, 0.25) is 0 Å². The highest BCUT2D eigenvalue weighted by atomic mass is 16.5. The maximum Gasteiger partial charge on any atom is 0.321 e. The van der Waals surface area contributed by atoms with Gasteiger partial charge >= 0.3 is 6.03 Å². The molecule has 1 fully saturated rings. The van der Waals surface area contributed by atoms with Crippen LogP contribution in [0.2, 0.25) is 0 Å². The van der Waals surface area contributed by atoms with Gasteiger partial charge in [-0.25, -0.2) is 4.79 Å². The molecule has 0 atom stereocenters. The summed E-state index contributed by atoms with van der Waals surface area (Å²) in [7, 11) is 1.62. The molecule has 7 nitrogen and oxygen atoms in total. The Morgan fingerprint density at radius 2 is 1.96 bits per heavy atom. The molecule has 2 amide bonds. The molecule has 1 aliphatic heterocycles. The lowest BCUT2D eigenvalue weighted by atomic mass is 10.3. The first-order valence-corrected chi connectivity index (χ1v) is 7.69. The number of benzene rings is 1. The van der Waals surface area contributed by atoms with Crippen LogP contribution in [0.25, 0.3) is 0 Å². The van der Waals surface area contributed by atoms with Crippen molar-refractivity contribution in [3.05, 3.63) is 48.8 Å². The molecule has 0 bridgehead atoms. The number of aromatic nitrogens is 1. The molecule has 24 heavy (non-hydrogen) atoms. The van der Waals surface area contributed by atoms with Crippen molar-refractivity contribution in [2.24, 2.45) is 0 Å². The highest BCUT2D eigenvalue weighted by molar-refractivity contribution is 5.89. The monoisotopic (exact) mass is 330 g/mol. The molecule has 1 aromatic carbocycles. The molecule has 3 N–H and O–H groups in total. The Kier molecular flexibility index (Phi) is 6.85. The molecule has 0 saturated carbocycles. The van der Waals surface area contributed by atoms with Gasteiger partial charge in [-0.2, -0.15) is 0 Å². The van der Waals surface area contributed by atoms with Crippen molar-refractivity contribution in [1.29, 1.82) is 0 Å². The summed E-state index contributed by atoms with van der Waals surface area (Å²) in [5.74, 6) is 0.993. The molecule has 0 aliphatic carbocycles. The van der Waals surface area contributed by atoms with E-state index in [1.54, 1.807) is 48.7 Å². The average molecular weight is 330 g/mol. The maximum absolute atomic E-state index is 11.8. The molecule has 2 heterocycles. The molecule has 1 aliphatic rings. The smallest absolute Gasteiger partial charge is 0.321 e. The lowest BCUT2D eigenvalue weighted by molar-refractivity contribution is 0.204. The number of pyridine rings is 1. The van der Waals surface area contributed by atoms with Gasteiger partial charge in [-0.1, -0.05) is 0 Å². The van der Waals surface area contributed by atoms with Crippen LogP contribution in [0.3, 0.4) is 0 Å². The molecular weight excluding hydrogens is 308 g/mol. The summed E-state index contributed by atoms with van der Waals surface area (Å²) >= 11 is 0. The average Bonchev–Trinajstić information content (AvgIpc) is 2.65. The number of hydrogen-bond acceptors (Lipinski definition) is 5. The van der Waals surface area contributed by atoms with Gasteiger partial charge in [0.25, 0.3) is 0 Å². The van der Waals surface area contributed by atoms with Gasteiger partial charge in [-0.15, -0.1) is 0 Å². The summed E-state index contributed by atoms with van der Waals surface area (Å²) in [6.45, 7) is 3.12. The van der Waals surface area contributed by atoms with Gasteiger partial charge in [0.15, 0.2) is 0 Å². The van der Waals surface area contributed by atoms with Gasteiger partial charge in [-0.3, -0.25) is 4.98 Å². The minimum atomic E-state index is -0.0906. The lowest BCUT2D eigenvalue weighted by Gasteiger charge is -2.27. The van der Waals surface area contributed by atoms with Gasteiger partial charge in [0.1, 0.15) is 11.5 Å². The molecular formula is C17H22N4O3. The van der Waals surface area contributed by atoms with E-state index in [2.05, 4.69) is 15.6 Å². The second-order valence-corrected chi connectivity index (χ2v) is 5.11. The molecule has 2 aromatic rings. The first-order chi connectivity index (χ1) is 11.7. The Balaban J connectivity index is 0.000000219. The number of phenols is 1.